The molecule has 2 atom stereocenters. The van der Waals surface area contributed by atoms with Crippen molar-refractivity contribution in [3.05, 3.63) is 29.8 Å². The lowest BCUT2D eigenvalue weighted by Gasteiger charge is -2.17. The van der Waals surface area contributed by atoms with Crippen LogP contribution in [0.4, 0.5) is 0 Å². The van der Waals surface area contributed by atoms with Gasteiger partial charge in [-0.2, -0.15) is 0 Å². The molecular weight excluding hydrogens is 332 g/mol. The van der Waals surface area contributed by atoms with Gasteiger partial charge in [0.1, 0.15) is 12.4 Å². The van der Waals surface area contributed by atoms with Gasteiger partial charge in [-0.15, -0.1) is 0 Å². The van der Waals surface area contributed by atoms with Gasteiger partial charge in [0.15, 0.2) is 6.04 Å². The molecule has 1 aromatic carbocycles. The fourth-order valence-electron chi connectivity index (χ4n) is 1.86. The molecule has 9 nitrogen and oxygen atoms in total. The highest BCUT2D eigenvalue weighted by molar-refractivity contribution is 5.87. The van der Waals surface area contributed by atoms with E-state index in [2.05, 4.69) is 10.1 Å². The number of esters is 2. The van der Waals surface area contributed by atoms with E-state index >= 15 is 0 Å². The Hall–Kier alpha value is -2.94. The fraction of sp³-hybridized carbons (Fsp3) is 0.375. The van der Waals surface area contributed by atoms with Crippen LogP contribution in [0.3, 0.4) is 0 Å². The van der Waals surface area contributed by atoms with Crippen LogP contribution in [0.15, 0.2) is 24.3 Å². The van der Waals surface area contributed by atoms with Crippen molar-refractivity contribution in [2.45, 2.75) is 32.4 Å². The highest BCUT2D eigenvalue weighted by Crippen LogP contribution is 2.13. The Morgan fingerprint density at radius 3 is 2.20 bits per heavy atom. The third-order valence-electron chi connectivity index (χ3n) is 3.05. The molecule has 1 rings (SSSR count). The van der Waals surface area contributed by atoms with Gasteiger partial charge in [-0.25, -0.2) is 4.79 Å². The normalized spacial score (nSPS) is 12.6. The summed E-state index contributed by atoms with van der Waals surface area (Å²) in [5.74, 6) is -2.77. The first-order chi connectivity index (χ1) is 11.7. The van der Waals surface area contributed by atoms with Crippen molar-refractivity contribution in [3.8, 4) is 5.75 Å². The highest BCUT2D eigenvalue weighted by atomic mass is 16.5. The predicted molar refractivity (Wildman–Crippen MR) is 85.6 cm³/mol. The molecule has 0 heterocycles. The summed E-state index contributed by atoms with van der Waals surface area (Å²) in [7, 11) is 0. The smallest absolute Gasteiger partial charge is 0.329 e. The summed E-state index contributed by atoms with van der Waals surface area (Å²) >= 11 is 0. The number of carboxylic acids is 1. The molecule has 1 amide bonds. The van der Waals surface area contributed by atoms with E-state index in [1.165, 1.54) is 6.92 Å². The van der Waals surface area contributed by atoms with Crippen molar-refractivity contribution in [1.82, 2.24) is 5.32 Å². The van der Waals surface area contributed by atoms with Crippen LogP contribution in [0.5, 0.6) is 5.75 Å². The summed E-state index contributed by atoms with van der Waals surface area (Å²) in [4.78, 5) is 44.7. The van der Waals surface area contributed by atoms with Crippen molar-refractivity contribution in [2.75, 3.05) is 6.61 Å². The van der Waals surface area contributed by atoms with Crippen LogP contribution in [0.25, 0.3) is 0 Å². The molecule has 4 N–H and O–H groups in total. The van der Waals surface area contributed by atoms with E-state index in [0.29, 0.717) is 11.3 Å². The lowest BCUT2D eigenvalue weighted by Crippen LogP contribution is -2.51. The number of amides is 1. The third kappa shape index (κ3) is 7.44. The van der Waals surface area contributed by atoms with Crippen molar-refractivity contribution < 1.29 is 33.8 Å². The molecule has 2 unspecified atom stereocenters. The van der Waals surface area contributed by atoms with Crippen molar-refractivity contribution in [1.29, 1.82) is 0 Å². The van der Waals surface area contributed by atoms with Gasteiger partial charge in [-0.3, -0.25) is 14.4 Å². The minimum atomic E-state index is -1.38. The maximum absolute atomic E-state index is 12.0. The number of hydrogen-bond donors (Lipinski definition) is 3. The maximum Gasteiger partial charge on any atom is 0.329 e. The molecule has 0 aliphatic heterocycles. The van der Waals surface area contributed by atoms with Gasteiger partial charge in [-0.05, 0) is 24.1 Å². The molecule has 0 saturated carbocycles. The molecule has 0 aliphatic carbocycles. The highest BCUT2D eigenvalue weighted by Gasteiger charge is 2.24. The van der Waals surface area contributed by atoms with Gasteiger partial charge in [0, 0.05) is 13.8 Å². The van der Waals surface area contributed by atoms with Crippen LogP contribution < -0.4 is 15.8 Å². The van der Waals surface area contributed by atoms with E-state index in [-0.39, 0.29) is 6.42 Å². The molecule has 1 aromatic rings. The number of ether oxygens (including phenoxy) is 2. The van der Waals surface area contributed by atoms with Crippen molar-refractivity contribution in [2.24, 2.45) is 5.73 Å². The SMILES string of the molecule is CC(=O)OCC(NC(=O)C(N)Cc1ccc(OC(C)=O)cc1)C(=O)O. The van der Waals surface area contributed by atoms with Gasteiger partial charge in [-0.1, -0.05) is 12.1 Å². The largest absolute Gasteiger partial charge is 0.480 e. The summed E-state index contributed by atoms with van der Waals surface area (Å²) < 4.78 is 9.48. The molecule has 0 aromatic heterocycles. The first kappa shape index (κ1) is 20.1. The number of rotatable bonds is 8. The van der Waals surface area contributed by atoms with Crippen LogP contribution in [-0.4, -0.2) is 47.6 Å². The summed E-state index contributed by atoms with van der Waals surface area (Å²) in [6.07, 6.45) is 0.145. The van der Waals surface area contributed by atoms with E-state index in [1.807, 2.05) is 0 Å². The van der Waals surface area contributed by atoms with Crippen LogP contribution in [0.2, 0.25) is 0 Å². The zero-order chi connectivity index (χ0) is 19.0. The number of carboxylic acid groups (broad SMARTS) is 1. The van der Waals surface area contributed by atoms with Crippen molar-refractivity contribution >= 4 is 23.8 Å². The van der Waals surface area contributed by atoms with Crippen LogP contribution in [0.1, 0.15) is 19.4 Å². The average molecular weight is 352 g/mol. The average Bonchev–Trinajstić information content (AvgIpc) is 2.52. The van der Waals surface area contributed by atoms with Gasteiger partial charge in [0.05, 0.1) is 6.04 Å². The maximum atomic E-state index is 12.0. The number of aliphatic carboxylic acids is 1. The fourth-order valence-corrected chi connectivity index (χ4v) is 1.86. The second-order valence-corrected chi connectivity index (χ2v) is 5.25. The molecule has 9 heteroatoms. The molecule has 25 heavy (non-hydrogen) atoms. The summed E-state index contributed by atoms with van der Waals surface area (Å²) in [6, 6.07) is 4.01. The lowest BCUT2D eigenvalue weighted by atomic mass is 10.1. The minimum Gasteiger partial charge on any atom is -0.480 e. The quantitative estimate of drug-likeness (QED) is 0.424. The molecule has 0 fully saturated rings. The first-order valence-electron chi connectivity index (χ1n) is 7.38. The minimum absolute atomic E-state index is 0.145. The lowest BCUT2D eigenvalue weighted by molar-refractivity contribution is -0.149. The van der Waals surface area contributed by atoms with Gasteiger partial charge >= 0.3 is 17.9 Å². The third-order valence-corrected chi connectivity index (χ3v) is 3.05. The molecule has 0 saturated heterocycles. The monoisotopic (exact) mass is 352 g/mol. The molecule has 0 radical (unpaired) electrons. The van der Waals surface area contributed by atoms with Crippen molar-refractivity contribution in [3.63, 3.8) is 0 Å². The summed E-state index contributed by atoms with van der Waals surface area (Å²) in [5, 5.41) is 11.2. The number of carbonyl (C=O) groups is 4. The van der Waals surface area contributed by atoms with E-state index in [9.17, 15) is 19.2 Å². The first-order valence-corrected chi connectivity index (χ1v) is 7.38. The summed E-state index contributed by atoms with van der Waals surface area (Å²) in [6.45, 7) is 1.93. The molecule has 136 valence electrons. The standard InChI is InChI=1S/C16H20N2O7/c1-9(19)24-8-14(16(22)23)18-15(21)13(17)7-11-3-5-12(6-4-11)25-10(2)20/h3-6,13-14H,7-8,17H2,1-2H3,(H,18,21)(H,22,23). The topological polar surface area (TPSA) is 145 Å². The Balaban J connectivity index is 2.61. The van der Waals surface area contributed by atoms with E-state index in [1.54, 1.807) is 24.3 Å². The van der Waals surface area contributed by atoms with Crippen LogP contribution in [0, 0.1) is 0 Å². The Morgan fingerprint density at radius 2 is 1.72 bits per heavy atom. The zero-order valence-corrected chi connectivity index (χ0v) is 13.9. The number of nitrogens with one attached hydrogen (secondary N) is 1. The molecular formula is C16H20N2O7. The van der Waals surface area contributed by atoms with Crippen LogP contribution in [-0.2, 0) is 30.3 Å². The molecule has 0 spiro atoms. The number of carbonyl (C=O) groups excluding carboxylic acids is 3. The Bertz CT molecular complexity index is 642. The Morgan fingerprint density at radius 1 is 1.12 bits per heavy atom. The van der Waals surface area contributed by atoms with Gasteiger partial charge in [0.2, 0.25) is 5.91 Å². The Kier molecular flexibility index (Phi) is 7.54. The number of nitrogens with two attached hydrogens (primary N) is 1. The molecule has 0 bridgehead atoms. The number of hydrogen-bond acceptors (Lipinski definition) is 7. The number of benzene rings is 1. The van der Waals surface area contributed by atoms with E-state index in [0.717, 1.165) is 6.92 Å². The summed E-state index contributed by atoms with van der Waals surface area (Å²) in [5.41, 5.74) is 6.47. The van der Waals surface area contributed by atoms with E-state index in [4.69, 9.17) is 15.6 Å². The second kappa shape index (κ2) is 9.38. The van der Waals surface area contributed by atoms with Crippen LogP contribution >= 0.6 is 0 Å². The second-order valence-electron chi connectivity index (χ2n) is 5.25. The molecule has 0 aliphatic rings. The zero-order valence-electron chi connectivity index (χ0n) is 13.9. The van der Waals surface area contributed by atoms with Gasteiger partial charge in [0.25, 0.3) is 0 Å². The van der Waals surface area contributed by atoms with E-state index < -0.39 is 42.5 Å². The van der Waals surface area contributed by atoms with Gasteiger partial charge < -0.3 is 25.6 Å². The Labute approximate surface area is 144 Å². The predicted octanol–water partition coefficient (Wildman–Crippen LogP) is -0.386.